The Morgan fingerprint density at radius 3 is 2.64 bits per heavy atom. The summed E-state index contributed by atoms with van der Waals surface area (Å²) >= 11 is 0. The van der Waals surface area contributed by atoms with Gasteiger partial charge in [-0.3, -0.25) is 4.21 Å². The van der Waals surface area contributed by atoms with Gasteiger partial charge in [-0.15, -0.1) is 0 Å². The second kappa shape index (κ2) is 5.90. The van der Waals surface area contributed by atoms with E-state index in [0.717, 1.165) is 4.90 Å². The number of aliphatic hydroxyl groups excluding tert-OH is 1. The molecule has 0 aliphatic rings. The van der Waals surface area contributed by atoms with Crippen LogP contribution in [0.1, 0.15) is 0 Å². The van der Waals surface area contributed by atoms with Crippen LogP contribution in [0.25, 0.3) is 0 Å². The fourth-order valence-corrected chi connectivity index (χ4v) is 2.26. The van der Waals surface area contributed by atoms with Crippen molar-refractivity contribution in [3.05, 3.63) is 30.3 Å². The van der Waals surface area contributed by atoms with Crippen molar-refractivity contribution in [2.45, 2.75) is 11.0 Å². The van der Waals surface area contributed by atoms with Crippen LogP contribution >= 0.6 is 0 Å². The SMILES string of the molecule is CNCC(O)CS(=O)c1ccccc1. The topological polar surface area (TPSA) is 49.3 Å². The summed E-state index contributed by atoms with van der Waals surface area (Å²) in [4.78, 5) is 0.766. The van der Waals surface area contributed by atoms with Crippen molar-refractivity contribution < 1.29 is 9.32 Å². The van der Waals surface area contributed by atoms with Crippen molar-refractivity contribution in [3.63, 3.8) is 0 Å². The molecule has 3 nitrogen and oxygen atoms in total. The van der Waals surface area contributed by atoms with Gasteiger partial charge in [0.2, 0.25) is 0 Å². The number of benzene rings is 1. The van der Waals surface area contributed by atoms with Gasteiger partial charge in [-0.1, -0.05) is 18.2 Å². The third kappa shape index (κ3) is 3.57. The van der Waals surface area contributed by atoms with Crippen molar-refractivity contribution >= 4 is 10.8 Å². The lowest BCUT2D eigenvalue weighted by Crippen LogP contribution is -2.28. The summed E-state index contributed by atoms with van der Waals surface area (Å²) in [5.41, 5.74) is 0. The predicted octanol–water partition coefficient (Wildman–Crippen LogP) is 0.374. The van der Waals surface area contributed by atoms with Gasteiger partial charge in [0, 0.05) is 11.4 Å². The molecule has 1 aromatic carbocycles. The monoisotopic (exact) mass is 213 g/mol. The summed E-state index contributed by atoms with van der Waals surface area (Å²) in [7, 11) is 0.654. The van der Waals surface area contributed by atoms with Gasteiger partial charge in [0.25, 0.3) is 0 Å². The number of hydrogen-bond donors (Lipinski definition) is 2. The van der Waals surface area contributed by atoms with Crippen molar-refractivity contribution in [1.82, 2.24) is 5.32 Å². The quantitative estimate of drug-likeness (QED) is 0.743. The van der Waals surface area contributed by atoms with E-state index in [9.17, 15) is 9.32 Å². The zero-order valence-corrected chi connectivity index (χ0v) is 8.96. The van der Waals surface area contributed by atoms with E-state index in [4.69, 9.17) is 0 Å². The highest BCUT2D eigenvalue weighted by atomic mass is 32.2. The fraction of sp³-hybridized carbons (Fsp3) is 0.400. The molecule has 1 aromatic rings. The lowest BCUT2D eigenvalue weighted by molar-refractivity contribution is 0.198. The van der Waals surface area contributed by atoms with E-state index < -0.39 is 16.9 Å². The lowest BCUT2D eigenvalue weighted by Gasteiger charge is -2.09. The van der Waals surface area contributed by atoms with Crippen LogP contribution in [0, 0.1) is 0 Å². The van der Waals surface area contributed by atoms with Gasteiger partial charge in [-0.25, -0.2) is 0 Å². The zero-order chi connectivity index (χ0) is 10.4. The number of nitrogens with one attached hydrogen (secondary N) is 1. The first-order valence-corrected chi connectivity index (χ1v) is 5.82. The highest BCUT2D eigenvalue weighted by Crippen LogP contribution is 2.06. The first-order chi connectivity index (χ1) is 6.74. The molecule has 2 atom stereocenters. The minimum Gasteiger partial charge on any atom is -0.391 e. The van der Waals surface area contributed by atoms with E-state index >= 15 is 0 Å². The maximum atomic E-state index is 11.7. The van der Waals surface area contributed by atoms with Crippen molar-refractivity contribution in [2.75, 3.05) is 19.3 Å². The molecule has 4 heteroatoms. The summed E-state index contributed by atoms with van der Waals surface area (Å²) in [5.74, 6) is 0.283. The first-order valence-electron chi connectivity index (χ1n) is 4.50. The molecule has 0 aromatic heterocycles. The van der Waals surface area contributed by atoms with Crippen LogP contribution < -0.4 is 5.32 Å². The highest BCUT2D eigenvalue weighted by Gasteiger charge is 2.09. The third-order valence-electron chi connectivity index (χ3n) is 1.79. The van der Waals surface area contributed by atoms with Crippen LogP contribution in [0.2, 0.25) is 0 Å². The van der Waals surface area contributed by atoms with Crippen molar-refractivity contribution in [3.8, 4) is 0 Å². The fourth-order valence-electron chi connectivity index (χ4n) is 1.14. The van der Waals surface area contributed by atoms with E-state index in [2.05, 4.69) is 5.32 Å². The normalized spacial score (nSPS) is 15.0. The van der Waals surface area contributed by atoms with Gasteiger partial charge in [0.1, 0.15) is 0 Å². The molecular formula is C10H15NO2S. The molecule has 0 heterocycles. The Morgan fingerprint density at radius 2 is 2.07 bits per heavy atom. The van der Waals surface area contributed by atoms with Crippen molar-refractivity contribution in [2.24, 2.45) is 0 Å². The smallest absolute Gasteiger partial charge is 0.0783 e. The molecule has 0 fully saturated rings. The van der Waals surface area contributed by atoms with Crippen molar-refractivity contribution in [1.29, 1.82) is 0 Å². The lowest BCUT2D eigenvalue weighted by atomic mass is 10.4. The van der Waals surface area contributed by atoms with E-state index in [1.807, 2.05) is 30.3 Å². The zero-order valence-electron chi connectivity index (χ0n) is 8.14. The van der Waals surface area contributed by atoms with Gasteiger partial charge < -0.3 is 10.4 Å². The maximum Gasteiger partial charge on any atom is 0.0783 e. The second-order valence-electron chi connectivity index (χ2n) is 3.04. The maximum absolute atomic E-state index is 11.7. The van der Waals surface area contributed by atoms with E-state index in [-0.39, 0.29) is 5.75 Å². The standard InChI is InChI=1S/C10H15NO2S/c1-11-7-9(12)8-14(13)10-5-3-2-4-6-10/h2-6,9,11-12H,7-8H2,1H3. The Balaban J connectivity index is 2.51. The largest absolute Gasteiger partial charge is 0.391 e. The van der Waals surface area contributed by atoms with Gasteiger partial charge in [0.05, 0.1) is 22.7 Å². The van der Waals surface area contributed by atoms with Crippen LogP contribution in [0.5, 0.6) is 0 Å². The minimum absolute atomic E-state index is 0.283. The number of likely N-dealkylation sites (N-methyl/N-ethyl adjacent to an activating group) is 1. The summed E-state index contributed by atoms with van der Waals surface area (Å²) < 4.78 is 11.7. The Kier molecular flexibility index (Phi) is 4.79. The van der Waals surface area contributed by atoms with E-state index in [1.165, 1.54) is 0 Å². The van der Waals surface area contributed by atoms with Crippen LogP contribution in [0.3, 0.4) is 0 Å². The van der Waals surface area contributed by atoms with Gasteiger partial charge in [-0.05, 0) is 19.2 Å². The predicted molar refractivity (Wildman–Crippen MR) is 57.7 cm³/mol. The molecule has 2 unspecified atom stereocenters. The highest BCUT2D eigenvalue weighted by molar-refractivity contribution is 7.85. The summed E-state index contributed by atoms with van der Waals surface area (Å²) in [6, 6.07) is 9.19. The molecule has 1 rings (SSSR count). The molecule has 0 bridgehead atoms. The third-order valence-corrected chi connectivity index (χ3v) is 3.28. The Hall–Kier alpha value is -0.710. The number of aliphatic hydroxyl groups is 1. The number of rotatable bonds is 5. The molecule has 0 amide bonds. The molecule has 0 aliphatic carbocycles. The van der Waals surface area contributed by atoms with Crippen LogP contribution in [-0.2, 0) is 10.8 Å². The molecular weight excluding hydrogens is 198 g/mol. The summed E-state index contributed by atoms with van der Waals surface area (Å²) in [5, 5.41) is 12.3. The Labute approximate surface area is 86.6 Å². The Bertz CT molecular complexity index is 289. The van der Waals surface area contributed by atoms with Crippen LogP contribution in [0.15, 0.2) is 35.2 Å². The van der Waals surface area contributed by atoms with Gasteiger partial charge >= 0.3 is 0 Å². The first kappa shape index (κ1) is 11.4. The van der Waals surface area contributed by atoms with Crippen LogP contribution in [0.4, 0.5) is 0 Å². The van der Waals surface area contributed by atoms with Gasteiger partial charge in [-0.2, -0.15) is 0 Å². The van der Waals surface area contributed by atoms with Gasteiger partial charge in [0.15, 0.2) is 0 Å². The Morgan fingerprint density at radius 1 is 1.43 bits per heavy atom. The summed E-state index contributed by atoms with van der Waals surface area (Å²) in [6.07, 6.45) is -0.555. The molecule has 78 valence electrons. The second-order valence-corrected chi connectivity index (χ2v) is 4.53. The molecule has 0 spiro atoms. The minimum atomic E-state index is -1.10. The summed E-state index contributed by atoms with van der Waals surface area (Å²) in [6.45, 7) is 0.471. The van der Waals surface area contributed by atoms with E-state index in [0.29, 0.717) is 6.54 Å². The molecule has 14 heavy (non-hydrogen) atoms. The molecule has 0 aliphatic heterocycles. The molecule has 0 radical (unpaired) electrons. The average Bonchev–Trinajstić information content (AvgIpc) is 2.19. The van der Waals surface area contributed by atoms with Crippen LogP contribution in [-0.4, -0.2) is 34.8 Å². The average molecular weight is 213 g/mol. The number of hydrogen-bond acceptors (Lipinski definition) is 3. The molecule has 0 saturated carbocycles. The van der Waals surface area contributed by atoms with E-state index in [1.54, 1.807) is 7.05 Å². The molecule has 2 N–H and O–H groups in total. The molecule has 0 saturated heterocycles.